The second-order valence-electron chi connectivity index (χ2n) is 7.14. The van der Waals surface area contributed by atoms with E-state index in [1.165, 1.54) is 11.3 Å². The van der Waals surface area contributed by atoms with Gasteiger partial charge in [0.1, 0.15) is 22.2 Å². The number of carbonyl (C=O) groups is 1. The normalized spacial score (nSPS) is 23.8. The number of amides is 1. The lowest BCUT2D eigenvalue weighted by Crippen LogP contribution is -2.33. The number of likely N-dealkylation sites (tertiary alicyclic amines) is 1. The average molecular weight is 428 g/mol. The molecule has 4 rings (SSSR count). The van der Waals surface area contributed by atoms with Gasteiger partial charge in [-0.1, -0.05) is 11.6 Å². The fourth-order valence-electron chi connectivity index (χ4n) is 4.01. The zero-order chi connectivity index (χ0) is 18.3. The molecule has 1 saturated heterocycles. The first-order chi connectivity index (χ1) is 12.5. The van der Waals surface area contributed by atoms with Gasteiger partial charge in [0, 0.05) is 24.2 Å². The summed E-state index contributed by atoms with van der Waals surface area (Å²) >= 11 is 7.30. The lowest BCUT2D eigenvalue weighted by Gasteiger charge is -2.18. The third kappa shape index (κ3) is 4.24. The Morgan fingerprint density at radius 2 is 2.07 bits per heavy atom. The minimum absolute atomic E-state index is 0. The van der Waals surface area contributed by atoms with Crippen molar-refractivity contribution in [2.75, 3.05) is 13.1 Å². The maximum atomic E-state index is 12.9. The van der Waals surface area contributed by atoms with Gasteiger partial charge in [-0.3, -0.25) is 4.79 Å². The van der Waals surface area contributed by atoms with Crippen LogP contribution in [-0.4, -0.2) is 34.9 Å². The van der Waals surface area contributed by atoms with E-state index in [0.29, 0.717) is 28.3 Å². The Morgan fingerprint density at radius 1 is 1.33 bits per heavy atom. The molecular weight excluding hydrogens is 405 g/mol. The number of hydrogen-bond donors (Lipinski definition) is 1. The van der Waals surface area contributed by atoms with Gasteiger partial charge in [-0.15, -0.1) is 23.7 Å². The number of benzene rings is 1. The number of ether oxygens (including phenoxy) is 1. The molecule has 146 valence electrons. The average Bonchev–Trinajstić information content (AvgIpc) is 3.30. The van der Waals surface area contributed by atoms with Crippen molar-refractivity contribution in [3.63, 3.8) is 0 Å². The molecule has 0 spiro atoms. The van der Waals surface area contributed by atoms with Crippen molar-refractivity contribution < 1.29 is 9.53 Å². The minimum atomic E-state index is 0. The van der Waals surface area contributed by atoms with E-state index >= 15 is 0 Å². The van der Waals surface area contributed by atoms with Crippen LogP contribution in [0.25, 0.3) is 0 Å². The Bertz CT molecular complexity index is 812. The van der Waals surface area contributed by atoms with Gasteiger partial charge in [0.2, 0.25) is 0 Å². The highest BCUT2D eigenvalue weighted by atomic mass is 35.5. The Labute approximate surface area is 174 Å². The molecule has 1 saturated carbocycles. The smallest absolute Gasteiger partial charge is 0.265 e. The van der Waals surface area contributed by atoms with Gasteiger partial charge in [-0.2, -0.15) is 0 Å². The van der Waals surface area contributed by atoms with Crippen LogP contribution < -0.4 is 10.5 Å². The number of rotatable bonds is 4. The highest BCUT2D eigenvalue weighted by Gasteiger charge is 2.43. The summed E-state index contributed by atoms with van der Waals surface area (Å²) in [5.74, 6) is 1.84. The number of hydrogen-bond acceptors (Lipinski definition) is 5. The quantitative estimate of drug-likeness (QED) is 0.802. The predicted molar refractivity (Wildman–Crippen MR) is 110 cm³/mol. The molecule has 1 aliphatic carbocycles. The molecule has 2 aromatic rings. The van der Waals surface area contributed by atoms with Crippen LogP contribution >= 0.6 is 35.3 Å². The van der Waals surface area contributed by atoms with E-state index in [9.17, 15) is 4.79 Å². The van der Waals surface area contributed by atoms with Crippen molar-refractivity contribution in [3.05, 3.63) is 44.9 Å². The lowest BCUT2D eigenvalue weighted by molar-refractivity contribution is 0.0783. The summed E-state index contributed by atoms with van der Waals surface area (Å²) in [4.78, 5) is 20.1. The third-order valence-corrected chi connectivity index (χ3v) is 6.78. The van der Waals surface area contributed by atoms with E-state index in [2.05, 4.69) is 4.98 Å². The van der Waals surface area contributed by atoms with Crippen molar-refractivity contribution in [2.45, 2.75) is 32.4 Å². The summed E-state index contributed by atoms with van der Waals surface area (Å²) in [7, 11) is 0. The number of aromatic nitrogens is 1. The van der Waals surface area contributed by atoms with E-state index in [4.69, 9.17) is 22.1 Å². The third-order valence-electron chi connectivity index (χ3n) is 5.41. The van der Waals surface area contributed by atoms with Crippen LogP contribution in [0.15, 0.2) is 24.3 Å². The lowest BCUT2D eigenvalue weighted by atomic mass is 9.98. The Hall–Kier alpha value is -1.34. The highest BCUT2D eigenvalue weighted by Crippen LogP contribution is 2.38. The van der Waals surface area contributed by atoms with Gasteiger partial charge in [0.15, 0.2) is 0 Å². The zero-order valence-corrected chi connectivity index (χ0v) is 17.4. The van der Waals surface area contributed by atoms with Gasteiger partial charge in [-0.05, 0) is 55.9 Å². The topological polar surface area (TPSA) is 68.5 Å². The largest absolute Gasteiger partial charge is 0.486 e. The second-order valence-corrected chi connectivity index (χ2v) is 8.66. The van der Waals surface area contributed by atoms with E-state index in [1.807, 2.05) is 24.0 Å². The summed E-state index contributed by atoms with van der Waals surface area (Å²) < 4.78 is 5.74. The summed E-state index contributed by atoms with van der Waals surface area (Å²) in [5, 5.41) is 1.47. The van der Waals surface area contributed by atoms with Crippen LogP contribution in [-0.2, 0) is 6.61 Å². The Balaban J connectivity index is 0.00000210. The maximum absolute atomic E-state index is 12.9. The first-order valence-electron chi connectivity index (χ1n) is 8.91. The van der Waals surface area contributed by atoms with Gasteiger partial charge < -0.3 is 15.4 Å². The number of thiazole rings is 1. The molecule has 1 amide bonds. The van der Waals surface area contributed by atoms with Gasteiger partial charge in [-0.25, -0.2) is 4.98 Å². The monoisotopic (exact) mass is 427 g/mol. The SMILES string of the molecule is Cc1nc(COc2ccc(Cl)cc2)sc1C(=O)N1CC2CCC(N)C2C1.Cl. The number of carbonyl (C=O) groups excluding carboxylic acids is 1. The summed E-state index contributed by atoms with van der Waals surface area (Å²) in [6.45, 7) is 3.83. The molecule has 0 bridgehead atoms. The summed E-state index contributed by atoms with van der Waals surface area (Å²) in [5.41, 5.74) is 6.96. The van der Waals surface area contributed by atoms with Crippen LogP contribution in [0.4, 0.5) is 0 Å². The molecule has 2 fully saturated rings. The number of halogens is 2. The van der Waals surface area contributed by atoms with Crippen LogP contribution in [0, 0.1) is 18.8 Å². The Morgan fingerprint density at radius 3 is 2.78 bits per heavy atom. The Kier molecular flexibility index (Phi) is 6.31. The molecule has 1 aromatic carbocycles. The number of fused-ring (bicyclic) bond motifs is 1. The molecule has 5 nitrogen and oxygen atoms in total. The van der Waals surface area contributed by atoms with Gasteiger partial charge >= 0.3 is 0 Å². The van der Waals surface area contributed by atoms with Crippen LogP contribution in [0.2, 0.25) is 5.02 Å². The van der Waals surface area contributed by atoms with E-state index in [-0.39, 0.29) is 24.4 Å². The molecule has 8 heteroatoms. The molecule has 1 aliphatic heterocycles. The van der Waals surface area contributed by atoms with E-state index in [0.717, 1.165) is 42.4 Å². The molecule has 2 N–H and O–H groups in total. The minimum Gasteiger partial charge on any atom is -0.486 e. The first kappa shape index (κ1) is 20.4. The second kappa shape index (κ2) is 8.35. The van der Waals surface area contributed by atoms with Crippen LogP contribution in [0.1, 0.15) is 33.2 Å². The molecule has 0 radical (unpaired) electrons. The molecule has 27 heavy (non-hydrogen) atoms. The van der Waals surface area contributed by atoms with E-state index in [1.54, 1.807) is 12.1 Å². The molecule has 1 aromatic heterocycles. The number of nitrogens with two attached hydrogens (primary N) is 1. The molecule has 3 atom stereocenters. The zero-order valence-electron chi connectivity index (χ0n) is 15.1. The van der Waals surface area contributed by atoms with Crippen molar-refractivity contribution in [1.29, 1.82) is 0 Å². The van der Waals surface area contributed by atoms with Gasteiger partial charge in [0.05, 0.1) is 5.69 Å². The van der Waals surface area contributed by atoms with Crippen LogP contribution in [0.3, 0.4) is 0 Å². The molecule has 3 unspecified atom stereocenters. The number of nitrogens with zero attached hydrogens (tertiary/aromatic N) is 2. The summed E-state index contributed by atoms with van der Waals surface area (Å²) in [6, 6.07) is 7.45. The molecule has 2 heterocycles. The van der Waals surface area contributed by atoms with Crippen molar-refractivity contribution >= 4 is 41.3 Å². The van der Waals surface area contributed by atoms with Crippen LogP contribution in [0.5, 0.6) is 5.75 Å². The summed E-state index contributed by atoms with van der Waals surface area (Å²) in [6.07, 6.45) is 2.22. The maximum Gasteiger partial charge on any atom is 0.265 e. The standard InChI is InChI=1S/C19H22ClN3O2S.ClH/c1-11-18(19(24)23-8-12-2-7-16(21)15(12)9-23)26-17(22-11)10-25-14-5-3-13(20)4-6-14;/h3-6,12,15-16H,2,7-10,21H2,1H3;1H. The highest BCUT2D eigenvalue weighted by molar-refractivity contribution is 7.13. The predicted octanol–water partition coefficient (Wildman–Crippen LogP) is 3.92. The van der Waals surface area contributed by atoms with E-state index < -0.39 is 0 Å². The first-order valence-corrected chi connectivity index (χ1v) is 10.1. The molecular formula is C19H23Cl2N3O2S. The molecule has 2 aliphatic rings. The van der Waals surface area contributed by atoms with Crippen molar-refractivity contribution in [2.24, 2.45) is 17.6 Å². The fraction of sp³-hybridized carbons (Fsp3) is 0.474. The van der Waals surface area contributed by atoms with Crippen molar-refractivity contribution in [1.82, 2.24) is 9.88 Å². The number of aryl methyl sites for hydroxylation is 1. The fourth-order valence-corrected chi connectivity index (χ4v) is 5.08. The van der Waals surface area contributed by atoms with Gasteiger partial charge in [0.25, 0.3) is 5.91 Å². The van der Waals surface area contributed by atoms with Crippen molar-refractivity contribution in [3.8, 4) is 5.75 Å².